The van der Waals surface area contributed by atoms with Crippen molar-refractivity contribution < 1.29 is 9.59 Å². The van der Waals surface area contributed by atoms with Crippen LogP contribution in [-0.2, 0) is 11.3 Å². The van der Waals surface area contributed by atoms with Crippen LogP contribution in [0, 0.1) is 0 Å². The van der Waals surface area contributed by atoms with Crippen LogP contribution in [0.15, 0.2) is 57.9 Å². The molecule has 122 valence electrons. The van der Waals surface area contributed by atoms with E-state index < -0.39 is 17.5 Å². The highest BCUT2D eigenvalue weighted by atomic mass is 79.9. The predicted octanol–water partition coefficient (Wildman–Crippen LogP) is 0.720. The molecule has 3 rings (SSSR count). The second-order valence-electron chi connectivity index (χ2n) is 4.85. The van der Waals surface area contributed by atoms with Gasteiger partial charge in [0.25, 0.3) is 11.8 Å². The second kappa shape index (κ2) is 6.67. The van der Waals surface area contributed by atoms with E-state index in [1.54, 1.807) is 48.7 Å². The molecule has 0 unspecified atom stereocenters. The molecule has 0 bridgehead atoms. The Hall–Kier alpha value is -2.94. The fraction of sp³-hybridized carbons (Fsp3) is 0.0667. The van der Waals surface area contributed by atoms with Gasteiger partial charge in [-0.15, -0.1) is 5.10 Å². The number of amides is 2. The lowest BCUT2D eigenvalue weighted by Crippen LogP contribution is -2.44. The molecule has 0 fully saturated rings. The third kappa shape index (κ3) is 3.20. The fourth-order valence-electron chi connectivity index (χ4n) is 2.09. The summed E-state index contributed by atoms with van der Waals surface area (Å²) < 4.78 is 2.95. The molecule has 8 nitrogen and oxygen atoms in total. The molecule has 0 aliphatic heterocycles. The second-order valence-corrected chi connectivity index (χ2v) is 5.71. The first kappa shape index (κ1) is 15.9. The minimum absolute atomic E-state index is 0.309. The topological polar surface area (TPSA) is 97.5 Å². The average Bonchev–Trinajstić information content (AvgIpc) is 2.89. The number of hydrogen-bond acceptors (Lipinski definition) is 4. The molecular weight excluding hydrogens is 378 g/mol. The Labute approximate surface area is 144 Å². The highest BCUT2D eigenvalue weighted by molar-refractivity contribution is 9.10. The molecule has 0 radical (unpaired) electrons. The van der Waals surface area contributed by atoms with Gasteiger partial charge in [-0.2, -0.15) is 0 Å². The number of aromatic nitrogens is 3. The smallest absolute Gasteiger partial charge is 0.271 e. The molecule has 0 spiro atoms. The van der Waals surface area contributed by atoms with Crippen LogP contribution in [0.4, 0.5) is 0 Å². The number of hydrogen-bond donors (Lipinski definition) is 2. The molecule has 9 heteroatoms. The van der Waals surface area contributed by atoms with E-state index in [0.717, 1.165) is 4.68 Å². The molecule has 0 atom stereocenters. The summed E-state index contributed by atoms with van der Waals surface area (Å²) in [5, 5.41) is 4.04. The largest absolute Gasteiger partial charge is 0.350 e. The zero-order valence-electron chi connectivity index (χ0n) is 12.3. The molecule has 1 aromatic carbocycles. The molecule has 0 aliphatic rings. The number of benzene rings is 1. The van der Waals surface area contributed by atoms with Crippen molar-refractivity contribution in [1.82, 2.24) is 25.0 Å². The van der Waals surface area contributed by atoms with Crippen molar-refractivity contribution in [1.29, 1.82) is 0 Å². The molecule has 3 aromatic rings. The summed E-state index contributed by atoms with van der Waals surface area (Å²) in [6.45, 7) is -0.309. The molecule has 2 amide bonds. The SMILES string of the molecule is O=C(Cn1nc2ccccn2c1=O)NNC(=O)c1ccccc1Br. The standard InChI is InChI=1S/C15H12BrN5O3/c16-11-6-2-1-5-10(11)14(23)18-17-13(22)9-21-15(24)20-8-4-3-7-12(20)19-21/h1-8H,9H2,(H,17,22)(H,18,23). The van der Waals surface area contributed by atoms with E-state index in [-0.39, 0.29) is 6.54 Å². The van der Waals surface area contributed by atoms with Gasteiger partial charge < -0.3 is 0 Å². The molecular formula is C15H12BrN5O3. The van der Waals surface area contributed by atoms with Crippen LogP contribution < -0.4 is 16.5 Å². The van der Waals surface area contributed by atoms with Gasteiger partial charge in [0.2, 0.25) is 0 Å². The van der Waals surface area contributed by atoms with Gasteiger partial charge in [0.15, 0.2) is 5.65 Å². The van der Waals surface area contributed by atoms with Crippen LogP contribution in [-0.4, -0.2) is 26.0 Å². The Balaban J connectivity index is 1.65. The average molecular weight is 390 g/mol. The van der Waals surface area contributed by atoms with Crippen molar-refractivity contribution in [2.45, 2.75) is 6.54 Å². The van der Waals surface area contributed by atoms with Crippen LogP contribution in [0.2, 0.25) is 0 Å². The number of carbonyl (C=O) groups excluding carboxylic acids is 2. The van der Waals surface area contributed by atoms with E-state index in [0.29, 0.717) is 15.7 Å². The van der Waals surface area contributed by atoms with Gasteiger partial charge in [0.05, 0.1) is 5.56 Å². The van der Waals surface area contributed by atoms with E-state index in [2.05, 4.69) is 31.9 Å². The predicted molar refractivity (Wildman–Crippen MR) is 89.2 cm³/mol. The van der Waals surface area contributed by atoms with E-state index in [1.165, 1.54) is 4.40 Å². The first-order valence-electron chi connectivity index (χ1n) is 6.94. The number of pyridine rings is 1. The molecule has 24 heavy (non-hydrogen) atoms. The van der Waals surface area contributed by atoms with E-state index in [9.17, 15) is 14.4 Å². The molecule has 0 saturated carbocycles. The number of hydrazine groups is 1. The Bertz CT molecular complexity index is 978. The number of nitrogens with one attached hydrogen (secondary N) is 2. The van der Waals surface area contributed by atoms with Gasteiger partial charge in [-0.1, -0.05) is 18.2 Å². The van der Waals surface area contributed by atoms with Gasteiger partial charge in [0.1, 0.15) is 6.54 Å². The summed E-state index contributed by atoms with van der Waals surface area (Å²) in [5.74, 6) is -1.04. The van der Waals surface area contributed by atoms with Gasteiger partial charge in [-0.25, -0.2) is 9.48 Å². The number of fused-ring (bicyclic) bond motifs is 1. The molecule has 0 aliphatic carbocycles. The third-order valence-corrected chi connectivity index (χ3v) is 3.91. The van der Waals surface area contributed by atoms with Crippen LogP contribution in [0.5, 0.6) is 0 Å². The maximum atomic E-state index is 12.1. The third-order valence-electron chi connectivity index (χ3n) is 3.22. The summed E-state index contributed by atoms with van der Waals surface area (Å²) in [6.07, 6.45) is 1.56. The van der Waals surface area contributed by atoms with Gasteiger partial charge in [-0.05, 0) is 40.2 Å². The zero-order valence-corrected chi connectivity index (χ0v) is 13.9. The summed E-state index contributed by atoms with van der Waals surface area (Å²) >= 11 is 3.26. The first-order valence-corrected chi connectivity index (χ1v) is 7.73. The van der Waals surface area contributed by atoms with Crippen molar-refractivity contribution >= 4 is 33.4 Å². The number of halogens is 1. The minimum Gasteiger partial charge on any atom is -0.271 e. The number of rotatable bonds is 3. The van der Waals surface area contributed by atoms with Gasteiger partial charge in [0, 0.05) is 10.7 Å². The lowest BCUT2D eigenvalue weighted by atomic mass is 10.2. The Kier molecular flexibility index (Phi) is 4.43. The maximum Gasteiger partial charge on any atom is 0.350 e. The zero-order chi connectivity index (χ0) is 17.1. The molecule has 2 aromatic heterocycles. The van der Waals surface area contributed by atoms with Crippen molar-refractivity contribution in [3.05, 3.63) is 69.2 Å². The molecule has 2 N–H and O–H groups in total. The van der Waals surface area contributed by atoms with Gasteiger partial charge in [-0.3, -0.25) is 24.8 Å². The van der Waals surface area contributed by atoms with Crippen molar-refractivity contribution in [2.75, 3.05) is 0 Å². The first-order chi connectivity index (χ1) is 11.6. The Morgan fingerprint density at radius 1 is 1.08 bits per heavy atom. The molecule has 2 heterocycles. The van der Waals surface area contributed by atoms with Crippen LogP contribution in [0.25, 0.3) is 5.65 Å². The van der Waals surface area contributed by atoms with Crippen molar-refractivity contribution in [3.63, 3.8) is 0 Å². The van der Waals surface area contributed by atoms with Crippen molar-refractivity contribution in [2.24, 2.45) is 0 Å². The summed E-state index contributed by atoms with van der Waals surface area (Å²) in [7, 11) is 0. The highest BCUT2D eigenvalue weighted by Gasteiger charge is 2.13. The minimum atomic E-state index is -0.569. The van der Waals surface area contributed by atoms with Crippen molar-refractivity contribution in [3.8, 4) is 0 Å². The normalized spacial score (nSPS) is 10.5. The Morgan fingerprint density at radius 2 is 1.83 bits per heavy atom. The molecule has 0 saturated heterocycles. The van der Waals surface area contributed by atoms with Crippen LogP contribution in [0.3, 0.4) is 0 Å². The summed E-state index contributed by atoms with van der Waals surface area (Å²) in [4.78, 5) is 36.0. The van der Waals surface area contributed by atoms with E-state index in [4.69, 9.17) is 0 Å². The Morgan fingerprint density at radius 3 is 2.58 bits per heavy atom. The van der Waals surface area contributed by atoms with E-state index >= 15 is 0 Å². The summed E-state index contributed by atoms with van der Waals surface area (Å²) in [6, 6.07) is 11.9. The summed E-state index contributed by atoms with van der Waals surface area (Å²) in [5.41, 5.74) is 4.94. The lowest BCUT2D eigenvalue weighted by Gasteiger charge is -2.08. The number of nitrogens with zero attached hydrogens (tertiary/aromatic N) is 3. The quantitative estimate of drug-likeness (QED) is 0.644. The maximum absolute atomic E-state index is 12.1. The monoisotopic (exact) mass is 389 g/mol. The highest BCUT2D eigenvalue weighted by Crippen LogP contribution is 2.15. The fourth-order valence-corrected chi connectivity index (χ4v) is 2.55. The van der Waals surface area contributed by atoms with Crippen LogP contribution in [0.1, 0.15) is 10.4 Å². The van der Waals surface area contributed by atoms with Crippen LogP contribution >= 0.6 is 15.9 Å². The van der Waals surface area contributed by atoms with E-state index in [1.807, 2.05) is 0 Å². The lowest BCUT2D eigenvalue weighted by molar-refractivity contribution is -0.122. The van der Waals surface area contributed by atoms with Gasteiger partial charge >= 0.3 is 5.69 Å². The number of carbonyl (C=O) groups is 2.